The van der Waals surface area contributed by atoms with Crippen LogP contribution in [0.15, 0.2) is 67.2 Å². The number of likely N-dealkylation sites (tertiary alicyclic amines) is 3. The third kappa shape index (κ3) is 12.7. The summed E-state index contributed by atoms with van der Waals surface area (Å²) in [5.74, 6) is -6.57. The molecule has 0 aromatic heterocycles. The molecule has 3 fully saturated rings. The first-order valence-electron chi connectivity index (χ1n) is 25.2. The number of ether oxygens (including phenoxy) is 6. The lowest BCUT2D eigenvalue weighted by Crippen LogP contribution is -2.34. The number of esters is 6. The Morgan fingerprint density at radius 2 is 0.671 bits per heavy atom. The highest BCUT2D eigenvalue weighted by Gasteiger charge is 2.43. The maximum atomic E-state index is 14.2. The molecular weight excluding hydrogens is 937 g/mol. The molecule has 0 saturated carbocycles. The first kappa shape index (κ1) is 55.4. The maximum Gasteiger partial charge on any atom is 0.349 e. The number of hydrogen-bond donors (Lipinski definition) is 0. The minimum absolute atomic E-state index is 0.129. The fourth-order valence-electron chi connectivity index (χ4n) is 11.1. The van der Waals surface area contributed by atoms with Gasteiger partial charge in [0.05, 0.1) is 44.0 Å². The zero-order valence-electron chi connectivity index (χ0n) is 44.0. The SMILES string of the molecule is COC(=O)C1=C(N2CCCC2)CC(C)(C)C/C1=C(/C#N)C(=O)OCC(COC(=O)/C(C#N)=C1\CC(C)(C)CC(N2CCCC2)=C1C(=O)OC)COC(=O)/C(C#N)=C1\CC(C)(C)CC(N2CCCC2)=C1C(=O)OC. The van der Waals surface area contributed by atoms with E-state index in [-0.39, 0.29) is 52.7 Å². The Kier molecular flexibility index (Phi) is 17.7. The molecule has 0 radical (unpaired) electrons. The van der Waals surface area contributed by atoms with Crippen LogP contribution in [0.5, 0.6) is 0 Å². The Balaban J connectivity index is 1.37. The molecule has 0 spiro atoms. The van der Waals surface area contributed by atoms with Crippen molar-refractivity contribution in [2.24, 2.45) is 22.2 Å². The molecule has 18 nitrogen and oxygen atoms in total. The Labute approximate surface area is 428 Å². The normalized spacial score (nSPS) is 22.5. The molecule has 6 rings (SSSR count). The van der Waals surface area contributed by atoms with Gasteiger partial charge in [-0.05, 0) is 110 Å². The molecule has 3 saturated heterocycles. The molecule has 73 heavy (non-hydrogen) atoms. The monoisotopic (exact) mass is 1010 g/mol. The average molecular weight is 1010 g/mol. The molecule has 3 heterocycles. The van der Waals surface area contributed by atoms with Gasteiger partial charge < -0.3 is 43.1 Å². The van der Waals surface area contributed by atoms with E-state index in [1.54, 1.807) is 0 Å². The van der Waals surface area contributed by atoms with Crippen molar-refractivity contribution in [1.29, 1.82) is 15.8 Å². The molecule has 18 heteroatoms. The van der Waals surface area contributed by atoms with Crippen LogP contribution in [-0.2, 0) is 57.2 Å². The zero-order chi connectivity index (χ0) is 53.4. The van der Waals surface area contributed by atoms with Gasteiger partial charge in [0, 0.05) is 56.4 Å². The predicted octanol–water partition coefficient (Wildman–Crippen LogP) is 6.72. The molecule has 3 aliphatic carbocycles. The number of hydrogen-bond acceptors (Lipinski definition) is 18. The van der Waals surface area contributed by atoms with E-state index in [4.69, 9.17) is 28.4 Å². The van der Waals surface area contributed by atoms with Gasteiger partial charge in [0.2, 0.25) is 0 Å². The summed E-state index contributed by atoms with van der Waals surface area (Å²) in [7, 11) is 3.69. The van der Waals surface area contributed by atoms with Crippen LogP contribution in [0, 0.1) is 56.2 Å². The van der Waals surface area contributed by atoms with Crippen molar-refractivity contribution in [2.45, 2.75) is 119 Å². The number of nitriles is 3. The first-order chi connectivity index (χ1) is 34.6. The number of rotatable bonds is 15. The van der Waals surface area contributed by atoms with Crippen LogP contribution in [0.3, 0.4) is 0 Å². The van der Waals surface area contributed by atoms with E-state index in [9.17, 15) is 44.6 Å². The Morgan fingerprint density at radius 3 is 0.877 bits per heavy atom. The van der Waals surface area contributed by atoms with Gasteiger partial charge in [0.15, 0.2) is 0 Å². The van der Waals surface area contributed by atoms with E-state index in [1.807, 2.05) is 59.8 Å². The van der Waals surface area contributed by atoms with Crippen LogP contribution in [-0.4, -0.2) is 131 Å². The van der Waals surface area contributed by atoms with Crippen LogP contribution in [0.1, 0.15) is 119 Å². The summed E-state index contributed by atoms with van der Waals surface area (Å²) in [6.07, 6.45) is 7.42. The minimum atomic E-state index is -1.17. The van der Waals surface area contributed by atoms with Crippen LogP contribution < -0.4 is 0 Å². The van der Waals surface area contributed by atoms with Gasteiger partial charge in [-0.3, -0.25) is 0 Å². The highest BCUT2D eigenvalue weighted by molar-refractivity contribution is 6.03. The van der Waals surface area contributed by atoms with Crippen LogP contribution in [0.25, 0.3) is 0 Å². The highest BCUT2D eigenvalue weighted by Crippen LogP contribution is 2.48. The number of allylic oxidation sites excluding steroid dienone is 3. The molecule has 3 aliphatic heterocycles. The van der Waals surface area contributed by atoms with E-state index in [1.165, 1.54) is 21.3 Å². The van der Waals surface area contributed by atoms with Gasteiger partial charge in [-0.15, -0.1) is 0 Å². The van der Waals surface area contributed by atoms with E-state index >= 15 is 0 Å². The van der Waals surface area contributed by atoms with E-state index in [0.717, 1.165) is 38.5 Å². The highest BCUT2D eigenvalue weighted by atomic mass is 16.6. The Bertz CT molecular complexity index is 2310. The lowest BCUT2D eigenvalue weighted by molar-refractivity contribution is -0.148. The molecule has 0 bridgehead atoms. The number of methoxy groups -OCH3 is 3. The van der Waals surface area contributed by atoms with Crippen molar-refractivity contribution >= 4 is 35.8 Å². The molecular formula is C55H70N6O12. The largest absolute Gasteiger partial charge is 0.465 e. The van der Waals surface area contributed by atoms with Gasteiger partial charge in [0.25, 0.3) is 0 Å². The van der Waals surface area contributed by atoms with Crippen LogP contribution in [0.2, 0.25) is 0 Å². The summed E-state index contributed by atoms with van der Waals surface area (Å²) in [5.41, 5.74) is 0.184. The number of carbonyl (C=O) groups is 6. The number of carbonyl (C=O) groups excluding carboxylic acids is 6. The van der Waals surface area contributed by atoms with E-state index < -0.39 is 94.5 Å². The third-order valence-corrected chi connectivity index (χ3v) is 14.5. The molecule has 392 valence electrons. The second kappa shape index (κ2) is 23.3. The smallest absolute Gasteiger partial charge is 0.349 e. The van der Waals surface area contributed by atoms with Gasteiger partial charge in [-0.1, -0.05) is 41.5 Å². The molecule has 0 unspecified atom stereocenters. The van der Waals surface area contributed by atoms with Crippen LogP contribution in [0.4, 0.5) is 0 Å². The molecule has 0 N–H and O–H groups in total. The van der Waals surface area contributed by atoms with E-state index in [2.05, 4.69) is 14.7 Å². The summed E-state index contributed by atoms with van der Waals surface area (Å²) in [6, 6.07) is 5.90. The topological polar surface area (TPSA) is 239 Å². The quantitative estimate of drug-likeness (QED) is 0.0716. The first-order valence-corrected chi connectivity index (χ1v) is 25.2. The fraction of sp³-hybridized carbons (Fsp3) is 0.618. The van der Waals surface area contributed by atoms with Crippen molar-refractivity contribution in [3.8, 4) is 18.2 Å². The van der Waals surface area contributed by atoms with Crippen LogP contribution >= 0.6 is 0 Å². The van der Waals surface area contributed by atoms with Gasteiger partial charge in [-0.25, -0.2) is 28.8 Å². The predicted molar refractivity (Wildman–Crippen MR) is 263 cm³/mol. The minimum Gasteiger partial charge on any atom is -0.465 e. The summed E-state index contributed by atoms with van der Waals surface area (Å²) in [6.45, 7) is 14.1. The second-order valence-electron chi connectivity index (χ2n) is 22.1. The third-order valence-electron chi connectivity index (χ3n) is 14.5. The Hall–Kier alpha value is -6.87. The van der Waals surface area contributed by atoms with Crippen molar-refractivity contribution in [1.82, 2.24) is 14.7 Å². The summed E-state index contributed by atoms with van der Waals surface area (Å²) < 4.78 is 33.0. The number of nitrogens with zero attached hydrogens (tertiary/aromatic N) is 6. The van der Waals surface area contributed by atoms with Crippen molar-refractivity contribution in [2.75, 3.05) is 80.4 Å². The molecule has 0 aromatic carbocycles. The van der Waals surface area contributed by atoms with Crippen molar-refractivity contribution in [3.63, 3.8) is 0 Å². The van der Waals surface area contributed by atoms with Gasteiger partial charge in [0.1, 0.15) is 54.7 Å². The van der Waals surface area contributed by atoms with E-state index in [0.29, 0.717) is 75.6 Å². The maximum absolute atomic E-state index is 14.2. The molecule has 0 atom stereocenters. The summed E-state index contributed by atoms with van der Waals surface area (Å²) in [5, 5.41) is 31.8. The standard InChI is InChI=1S/C55H70N6O12/c1-53(2)22-35(44(50(65)68-7)41(25-53)59-16-10-11-17-59)38(28-56)47(62)71-31-34(32-72-48(63)39(29-57)36-23-54(3,4)26-42(45(36)51(66)69-8)60-18-12-13-19-60)33-73-49(64)40(30-58)37-24-55(5,6)27-43(46(37)52(67)70-9)61-20-14-15-21-61/h34H,10-27,31-33H2,1-9H3/b38-35+,39-36+,40-37+. The van der Waals surface area contributed by atoms with Gasteiger partial charge in [-0.2, -0.15) is 15.8 Å². The Morgan fingerprint density at radius 1 is 0.438 bits per heavy atom. The molecule has 6 aliphatic rings. The molecule has 0 amide bonds. The fourth-order valence-corrected chi connectivity index (χ4v) is 11.1. The molecule has 0 aromatic rings. The van der Waals surface area contributed by atoms with Gasteiger partial charge >= 0.3 is 35.8 Å². The zero-order valence-corrected chi connectivity index (χ0v) is 44.0. The van der Waals surface area contributed by atoms with Crippen molar-refractivity contribution < 1.29 is 57.2 Å². The second-order valence-corrected chi connectivity index (χ2v) is 22.1. The van der Waals surface area contributed by atoms with Crippen molar-refractivity contribution in [3.05, 3.63) is 67.2 Å². The lowest BCUT2D eigenvalue weighted by atomic mass is 9.72. The summed E-state index contributed by atoms with van der Waals surface area (Å²) in [4.78, 5) is 89.5. The lowest BCUT2D eigenvalue weighted by Gasteiger charge is -2.38. The summed E-state index contributed by atoms with van der Waals surface area (Å²) >= 11 is 0. The average Bonchev–Trinajstić information content (AvgIpc) is 4.19.